The van der Waals surface area contributed by atoms with Crippen LogP contribution in [0, 0.1) is 0 Å². The highest BCUT2D eigenvalue weighted by molar-refractivity contribution is 5.80. The molecule has 2 aromatic carbocycles. The van der Waals surface area contributed by atoms with E-state index in [1.165, 1.54) is 0 Å². The van der Waals surface area contributed by atoms with E-state index in [0.29, 0.717) is 26.2 Å². The summed E-state index contributed by atoms with van der Waals surface area (Å²) in [4.78, 5) is 15.4. The molecule has 0 amide bonds. The van der Waals surface area contributed by atoms with Gasteiger partial charge in [0, 0.05) is 12.8 Å². The highest BCUT2D eigenvalue weighted by Gasteiger charge is 1.99. The van der Waals surface area contributed by atoms with Crippen LogP contribution in [-0.4, -0.2) is 25.3 Å². The molecule has 0 saturated carbocycles. The summed E-state index contributed by atoms with van der Waals surface area (Å²) in [6, 6.07) is 17.7. The van der Waals surface area contributed by atoms with Gasteiger partial charge in [-0.2, -0.15) is 0 Å². The number of hydrogen-bond acceptors (Lipinski definition) is 4. The van der Waals surface area contributed by atoms with Crippen molar-refractivity contribution in [3.05, 3.63) is 65.7 Å². The topological polar surface area (TPSA) is 47.9 Å². The molecule has 0 unspecified atom stereocenters. The van der Waals surface area contributed by atoms with Gasteiger partial charge in [-0.05, 0) is 42.3 Å². The van der Waals surface area contributed by atoms with Gasteiger partial charge in [-0.1, -0.05) is 30.3 Å². The van der Waals surface area contributed by atoms with E-state index in [-0.39, 0.29) is 5.97 Å². The molecule has 0 saturated heterocycles. The molecule has 0 aliphatic rings. The molecule has 4 heteroatoms. The molecule has 0 N–H and O–H groups in total. The second kappa shape index (κ2) is 9.41. The van der Waals surface area contributed by atoms with Crippen LogP contribution in [0.5, 0.6) is 5.75 Å². The smallest absolute Gasteiger partial charge is 0.307 e. The van der Waals surface area contributed by atoms with Crippen molar-refractivity contribution in [3.63, 3.8) is 0 Å². The zero-order valence-electron chi connectivity index (χ0n) is 13.3. The average Bonchev–Trinajstić information content (AvgIpc) is 2.59. The lowest BCUT2D eigenvalue weighted by molar-refractivity contribution is -0.142. The van der Waals surface area contributed by atoms with E-state index in [2.05, 4.69) is 4.99 Å². The zero-order valence-corrected chi connectivity index (χ0v) is 13.3. The van der Waals surface area contributed by atoms with Crippen LogP contribution in [0.2, 0.25) is 0 Å². The fourth-order valence-electron chi connectivity index (χ4n) is 1.95. The Morgan fingerprint density at radius 3 is 2.52 bits per heavy atom. The summed E-state index contributed by atoms with van der Waals surface area (Å²) < 4.78 is 10.6. The van der Waals surface area contributed by atoms with E-state index in [1.54, 1.807) is 13.1 Å². The predicted octanol–water partition coefficient (Wildman–Crippen LogP) is 3.64. The standard InChI is InChI=1S/C19H21NO3/c1-2-22-19(21)12-13-20-14-16-8-10-18(11-9-16)23-15-17-6-4-3-5-7-17/h3-11,14H,2,12-13,15H2,1H3. The predicted molar refractivity (Wildman–Crippen MR) is 90.9 cm³/mol. The Labute approximate surface area is 136 Å². The van der Waals surface area contributed by atoms with Crippen molar-refractivity contribution in [1.82, 2.24) is 0 Å². The maximum atomic E-state index is 11.2. The largest absolute Gasteiger partial charge is 0.489 e. The van der Waals surface area contributed by atoms with Crippen LogP contribution in [-0.2, 0) is 16.1 Å². The van der Waals surface area contributed by atoms with Crippen molar-refractivity contribution in [2.24, 2.45) is 4.99 Å². The number of aliphatic imine (C=N–C) groups is 1. The first-order valence-corrected chi connectivity index (χ1v) is 7.70. The highest BCUT2D eigenvalue weighted by atomic mass is 16.5. The highest BCUT2D eigenvalue weighted by Crippen LogP contribution is 2.13. The molecule has 0 heterocycles. The number of ether oxygens (including phenoxy) is 2. The van der Waals surface area contributed by atoms with Gasteiger partial charge >= 0.3 is 5.97 Å². The Balaban J connectivity index is 1.76. The summed E-state index contributed by atoms with van der Waals surface area (Å²) in [5, 5.41) is 0. The third-order valence-electron chi connectivity index (χ3n) is 3.12. The summed E-state index contributed by atoms with van der Waals surface area (Å²) in [6.07, 6.45) is 2.06. The Hall–Kier alpha value is -2.62. The van der Waals surface area contributed by atoms with Crippen LogP contribution in [0.3, 0.4) is 0 Å². The Bertz CT molecular complexity index is 621. The van der Waals surface area contributed by atoms with Gasteiger partial charge in [-0.15, -0.1) is 0 Å². The summed E-state index contributed by atoms with van der Waals surface area (Å²) >= 11 is 0. The van der Waals surface area contributed by atoms with Crippen LogP contribution in [0.1, 0.15) is 24.5 Å². The first-order valence-electron chi connectivity index (χ1n) is 7.70. The van der Waals surface area contributed by atoms with Crippen molar-refractivity contribution in [2.45, 2.75) is 20.0 Å². The Morgan fingerprint density at radius 1 is 1.09 bits per heavy atom. The number of hydrogen-bond donors (Lipinski definition) is 0. The molecule has 0 atom stereocenters. The fraction of sp³-hybridized carbons (Fsp3) is 0.263. The summed E-state index contributed by atoms with van der Waals surface area (Å²) in [7, 11) is 0. The van der Waals surface area contributed by atoms with Crippen molar-refractivity contribution < 1.29 is 14.3 Å². The summed E-state index contributed by atoms with van der Waals surface area (Å²) in [5.74, 6) is 0.604. The van der Waals surface area contributed by atoms with Gasteiger partial charge in [0.05, 0.1) is 13.0 Å². The lowest BCUT2D eigenvalue weighted by Gasteiger charge is -2.06. The third-order valence-corrected chi connectivity index (χ3v) is 3.12. The maximum Gasteiger partial charge on any atom is 0.307 e. The zero-order chi connectivity index (χ0) is 16.3. The maximum absolute atomic E-state index is 11.2. The lowest BCUT2D eigenvalue weighted by Crippen LogP contribution is -2.05. The van der Waals surface area contributed by atoms with Crippen molar-refractivity contribution in [2.75, 3.05) is 13.2 Å². The van der Waals surface area contributed by atoms with E-state index in [9.17, 15) is 4.79 Å². The molecule has 0 spiro atoms. The number of rotatable bonds is 8. The lowest BCUT2D eigenvalue weighted by atomic mass is 10.2. The van der Waals surface area contributed by atoms with E-state index < -0.39 is 0 Å². The third kappa shape index (κ3) is 6.34. The van der Waals surface area contributed by atoms with Crippen LogP contribution in [0.4, 0.5) is 0 Å². The van der Waals surface area contributed by atoms with E-state index in [4.69, 9.17) is 9.47 Å². The van der Waals surface area contributed by atoms with Gasteiger partial charge in [0.1, 0.15) is 12.4 Å². The van der Waals surface area contributed by atoms with Gasteiger partial charge in [0.25, 0.3) is 0 Å². The Kier molecular flexibility index (Phi) is 6.85. The van der Waals surface area contributed by atoms with Crippen LogP contribution < -0.4 is 4.74 Å². The van der Waals surface area contributed by atoms with E-state index >= 15 is 0 Å². The number of carbonyl (C=O) groups excluding carboxylic acids is 1. The van der Waals surface area contributed by atoms with Crippen LogP contribution in [0.15, 0.2) is 59.6 Å². The molecule has 0 aliphatic heterocycles. The Morgan fingerprint density at radius 2 is 1.83 bits per heavy atom. The number of benzene rings is 2. The minimum absolute atomic E-state index is 0.214. The monoisotopic (exact) mass is 311 g/mol. The molecule has 0 bridgehead atoms. The molecule has 2 aromatic rings. The molecule has 120 valence electrons. The molecule has 4 nitrogen and oxygen atoms in total. The summed E-state index contributed by atoms with van der Waals surface area (Å²) in [6.45, 7) is 3.19. The minimum Gasteiger partial charge on any atom is -0.489 e. The molecule has 0 radical (unpaired) electrons. The SMILES string of the molecule is CCOC(=O)CCN=Cc1ccc(OCc2ccccc2)cc1. The van der Waals surface area contributed by atoms with Crippen LogP contribution >= 0.6 is 0 Å². The van der Waals surface area contributed by atoms with Gasteiger partial charge in [0.2, 0.25) is 0 Å². The quantitative estimate of drug-likeness (QED) is 0.552. The second-order valence-electron chi connectivity index (χ2n) is 4.93. The normalized spacial score (nSPS) is 10.7. The molecular formula is C19H21NO3. The van der Waals surface area contributed by atoms with Gasteiger partial charge < -0.3 is 9.47 Å². The molecule has 0 fully saturated rings. The van der Waals surface area contributed by atoms with Crippen LogP contribution in [0.25, 0.3) is 0 Å². The second-order valence-corrected chi connectivity index (χ2v) is 4.93. The van der Waals surface area contributed by atoms with Gasteiger partial charge in [0.15, 0.2) is 0 Å². The average molecular weight is 311 g/mol. The first-order chi connectivity index (χ1) is 11.3. The van der Waals surface area contributed by atoms with Crippen molar-refractivity contribution in [3.8, 4) is 5.75 Å². The number of carbonyl (C=O) groups is 1. The van der Waals surface area contributed by atoms with Gasteiger partial charge in [-0.3, -0.25) is 9.79 Å². The molecular weight excluding hydrogens is 290 g/mol. The molecule has 0 aliphatic carbocycles. The van der Waals surface area contributed by atoms with E-state index in [1.807, 2.05) is 54.6 Å². The minimum atomic E-state index is -0.214. The number of esters is 1. The molecule has 2 rings (SSSR count). The number of nitrogens with zero attached hydrogens (tertiary/aromatic N) is 1. The van der Waals surface area contributed by atoms with Gasteiger partial charge in [-0.25, -0.2) is 0 Å². The van der Waals surface area contributed by atoms with Crippen molar-refractivity contribution >= 4 is 12.2 Å². The fourth-order valence-corrected chi connectivity index (χ4v) is 1.95. The molecule has 23 heavy (non-hydrogen) atoms. The van der Waals surface area contributed by atoms with E-state index in [0.717, 1.165) is 16.9 Å². The first kappa shape index (κ1) is 16.7. The van der Waals surface area contributed by atoms with Crippen molar-refractivity contribution in [1.29, 1.82) is 0 Å². The molecule has 0 aromatic heterocycles. The summed E-state index contributed by atoms with van der Waals surface area (Å²) in [5.41, 5.74) is 2.11.